The van der Waals surface area contributed by atoms with Gasteiger partial charge in [0.05, 0.1) is 22.2 Å². The fraction of sp³-hybridized carbons (Fsp3) is 0.500. The average Bonchev–Trinajstić information content (AvgIpc) is 2.84. The highest BCUT2D eigenvalue weighted by Crippen LogP contribution is 2.31. The van der Waals surface area contributed by atoms with Crippen molar-refractivity contribution >= 4 is 27.3 Å². The standard InChI is InChI=1S/C12H17ClN2O3S/c1-8-5-10(6-11(14)12(8)13)19(17,18)15-4-2-3-9(15)7-16/h5-6,9,16H,2-4,7,14H2,1H3/t9-/m1/s1. The van der Waals surface area contributed by atoms with Crippen LogP contribution in [0.15, 0.2) is 17.0 Å². The van der Waals surface area contributed by atoms with Gasteiger partial charge in [-0.2, -0.15) is 4.31 Å². The molecule has 1 aliphatic heterocycles. The summed E-state index contributed by atoms with van der Waals surface area (Å²) in [7, 11) is -3.63. The molecule has 0 unspecified atom stereocenters. The summed E-state index contributed by atoms with van der Waals surface area (Å²) in [6.45, 7) is 1.97. The second-order valence-corrected chi connectivity index (χ2v) is 7.01. The van der Waals surface area contributed by atoms with Crippen LogP contribution in [0.3, 0.4) is 0 Å². The summed E-state index contributed by atoms with van der Waals surface area (Å²) < 4.78 is 26.4. The minimum atomic E-state index is -3.63. The molecule has 0 saturated carbocycles. The monoisotopic (exact) mass is 304 g/mol. The molecule has 2 rings (SSSR count). The predicted octanol–water partition coefficient (Wildman–Crippen LogP) is 1.38. The van der Waals surface area contributed by atoms with Crippen LogP contribution in [0, 0.1) is 6.92 Å². The molecule has 106 valence electrons. The van der Waals surface area contributed by atoms with Crippen LogP contribution in [0.2, 0.25) is 5.02 Å². The molecule has 3 N–H and O–H groups in total. The number of aliphatic hydroxyl groups excluding tert-OH is 1. The maximum atomic E-state index is 12.5. The van der Waals surface area contributed by atoms with E-state index in [0.29, 0.717) is 23.6 Å². The van der Waals surface area contributed by atoms with Gasteiger partial charge in [0.2, 0.25) is 10.0 Å². The normalized spacial score (nSPS) is 20.9. The zero-order valence-electron chi connectivity index (χ0n) is 10.6. The summed E-state index contributed by atoms with van der Waals surface area (Å²) in [6, 6.07) is 2.54. The van der Waals surface area contributed by atoms with Gasteiger partial charge in [-0.05, 0) is 37.5 Å². The third-order valence-corrected chi connectivity index (χ3v) is 5.84. The van der Waals surface area contributed by atoms with Crippen LogP contribution in [0.25, 0.3) is 0 Å². The highest BCUT2D eigenvalue weighted by Gasteiger charge is 2.35. The Morgan fingerprint density at radius 2 is 2.21 bits per heavy atom. The van der Waals surface area contributed by atoms with E-state index in [1.54, 1.807) is 6.92 Å². The molecule has 0 radical (unpaired) electrons. The van der Waals surface area contributed by atoms with Gasteiger partial charge < -0.3 is 10.8 Å². The van der Waals surface area contributed by atoms with E-state index in [1.165, 1.54) is 16.4 Å². The lowest BCUT2D eigenvalue weighted by Gasteiger charge is -2.23. The predicted molar refractivity (Wildman–Crippen MR) is 74.6 cm³/mol. The van der Waals surface area contributed by atoms with Gasteiger partial charge in [-0.15, -0.1) is 0 Å². The topological polar surface area (TPSA) is 83.6 Å². The zero-order valence-corrected chi connectivity index (χ0v) is 12.2. The summed E-state index contributed by atoms with van der Waals surface area (Å²) in [4.78, 5) is 0.132. The number of sulfonamides is 1. The minimum absolute atomic E-state index is 0.132. The molecule has 0 aliphatic carbocycles. The first-order chi connectivity index (χ1) is 8.87. The molecule has 0 spiro atoms. The Labute approximate surface area is 118 Å². The van der Waals surface area contributed by atoms with Gasteiger partial charge in [-0.1, -0.05) is 11.6 Å². The van der Waals surface area contributed by atoms with E-state index >= 15 is 0 Å². The number of nitrogens with zero attached hydrogens (tertiary/aromatic N) is 1. The van der Waals surface area contributed by atoms with Crippen LogP contribution in [-0.4, -0.2) is 37.0 Å². The van der Waals surface area contributed by atoms with Gasteiger partial charge in [0.15, 0.2) is 0 Å². The van der Waals surface area contributed by atoms with Gasteiger partial charge in [0.1, 0.15) is 0 Å². The summed E-state index contributed by atoms with van der Waals surface area (Å²) in [5.74, 6) is 0. The molecule has 0 bridgehead atoms. The Morgan fingerprint density at radius 3 is 2.79 bits per heavy atom. The molecule has 1 aliphatic rings. The van der Waals surface area contributed by atoms with Crippen LogP contribution in [0.5, 0.6) is 0 Å². The number of rotatable bonds is 3. The Kier molecular flexibility index (Phi) is 4.06. The van der Waals surface area contributed by atoms with Crippen molar-refractivity contribution in [2.45, 2.75) is 30.7 Å². The Bertz CT molecular complexity index is 566. The molecule has 19 heavy (non-hydrogen) atoms. The lowest BCUT2D eigenvalue weighted by atomic mass is 10.2. The molecule has 5 nitrogen and oxygen atoms in total. The first kappa shape index (κ1) is 14.6. The summed E-state index contributed by atoms with van der Waals surface area (Å²) in [5.41, 5.74) is 6.59. The Morgan fingerprint density at radius 1 is 1.53 bits per heavy atom. The molecule has 1 aromatic rings. The second kappa shape index (κ2) is 5.28. The van der Waals surface area contributed by atoms with E-state index in [0.717, 1.165) is 6.42 Å². The van der Waals surface area contributed by atoms with Gasteiger partial charge >= 0.3 is 0 Å². The number of nitrogen functional groups attached to an aromatic ring is 1. The SMILES string of the molecule is Cc1cc(S(=O)(=O)N2CCC[C@@H]2CO)cc(N)c1Cl. The Balaban J connectivity index is 2.45. The summed E-state index contributed by atoms with van der Waals surface area (Å²) in [5, 5.41) is 9.62. The molecule has 1 fully saturated rings. The van der Waals surface area contributed by atoms with Crippen LogP contribution in [0.1, 0.15) is 18.4 Å². The second-order valence-electron chi connectivity index (χ2n) is 4.74. The van der Waals surface area contributed by atoms with Crippen molar-refractivity contribution in [2.75, 3.05) is 18.9 Å². The van der Waals surface area contributed by atoms with Crippen LogP contribution in [-0.2, 0) is 10.0 Å². The molecule has 1 aromatic carbocycles. The molecular formula is C12H17ClN2O3S. The number of halogens is 1. The van der Waals surface area contributed by atoms with E-state index in [2.05, 4.69) is 0 Å². The van der Waals surface area contributed by atoms with Crippen molar-refractivity contribution in [3.8, 4) is 0 Å². The van der Waals surface area contributed by atoms with E-state index < -0.39 is 10.0 Å². The maximum Gasteiger partial charge on any atom is 0.243 e. The lowest BCUT2D eigenvalue weighted by Crippen LogP contribution is -2.37. The molecule has 1 heterocycles. The first-order valence-electron chi connectivity index (χ1n) is 6.06. The van der Waals surface area contributed by atoms with Crippen molar-refractivity contribution in [3.05, 3.63) is 22.7 Å². The van der Waals surface area contributed by atoms with Crippen LogP contribution in [0.4, 0.5) is 5.69 Å². The molecule has 7 heteroatoms. The van der Waals surface area contributed by atoms with Gasteiger partial charge in [0, 0.05) is 12.6 Å². The molecule has 0 aromatic heterocycles. The maximum absolute atomic E-state index is 12.5. The highest BCUT2D eigenvalue weighted by atomic mass is 35.5. The Hall–Kier alpha value is -0.820. The number of aliphatic hydroxyl groups is 1. The van der Waals surface area contributed by atoms with Gasteiger partial charge in [0.25, 0.3) is 0 Å². The minimum Gasteiger partial charge on any atom is -0.397 e. The molecule has 1 saturated heterocycles. The molecule has 0 amide bonds. The zero-order chi connectivity index (χ0) is 14.2. The van der Waals surface area contributed by atoms with Crippen molar-refractivity contribution < 1.29 is 13.5 Å². The van der Waals surface area contributed by atoms with Crippen LogP contribution < -0.4 is 5.73 Å². The number of hydrogen-bond donors (Lipinski definition) is 2. The van der Waals surface area contributed by atoms with Crippen LogP contribution >= 0.6 is 11.6 Å². The summed E-state index contributed by atoms with van der Waals surface area (Å²) >= 11 is 5.94. The third kappa shape index (κ3) is 2.58. The number of hydrogen-bond acceptors (Lipinski definition) is 4. The van der Waals surface area contributed by atoms with E-state index in [-0.39, 0.29) is 23.2 Å². The fourth-order valence-corrected chi connectivity index (χ4v) is 4.27. The molecule has 1 atom stereocenters. The third-order valence-electron chi connectivity index (χ3n) is 3.40. The van der Waals surface area contributed by atoms with E-state index in [9.17, 15) is 13.5 Å². The fourth-order valence-electron chi connectivity index (χ4n) is 2.36. The van der Waals surface area contributed by atoms with Crippen molar-refractivity contribution in [2.24, 2.45) is 0 Å². The van der Waals surface area contributed by atoms with E-state index in [4.69, 9.17) is 17.3 Å². The highest BCUT2D eigenvalue weighted by molar-refractivity contribution is 7.89. The smallest absolute Gasteiger partial charge is 0.243 e. The number of anilines is 1. The van der Waals surface area contributed by atoms with Crippen molar-refractivity contribution in [3.63, 3.8) is 0 Å². The number of nitrogens with two attached hydrogens (primary N) is 1. The summed E-state index contributed by atoms with van der Waals surface area (Å²) in [6.07, 6.45) is 1.43. The molecular weight excluding hydrogens is 288 g/mol. The number of benzene rings is 1. The van der Waals surface area contributed by atoms with Crippen molar-refractivity contribution in [1.82, 2.24) is 4.31 Å². The number of aryl methyl sites for hydroxylation is 1. The van der Waals surface area contributed by atoms with Gasteiger partial charge in [-0.25, -0.2) is 8.42 Å². The van der Waals surface area contributed by atoms with E-state index in [1.807, 2.05) is 0 Å². The average molecular weight is 305 g/mol. The first-order valence-corrected chi connectivity index (χ1v) is 7.88. The van der Waals surface area contributed by atoms with Gasteiger partial charge in [-0.3, -0.25) is 0 Å². The largest absolute Gasteiger partial charge is 0.397 e. The lowest BCUT2D eigenvalue weighted by molar-refractivity contribution is 0.213. The quantitative estimate of drug-likeness (QED) is 0.826. The van der Waals surface area contributed by atoms with Crippen molar-refractivity contribution in [1.29, 1.82) is 0 Å².